The third-order valence-corrected chi connectivity index (χ3v) is 4.73. The SMILES string of the molecule is Cc1cc(B2OC(C)(C)C(C)(C)O2)cc2c1CNC2. The molecule has 3 rings (SSSR count). The average Bonchev–Trinajstić information content (AvgIpc) is 2.82. The van der Waals surface area contributed by atoms with Crippen molar-refractivity contribution in [1.29, 1.82) is 0 Å². The number of nitrogens with one attached hydrogen (secondary N) is 1. The lowest BCUT2D eigenvalue weighted by molar-refractivity contribution is 0.00578. The van der Waals surface area contributed by atoms with E-state index < -0.39 is 0 Å². The number of rotatable bonds is 1. The fourth-order valence-corrected chi connectivity index (χ4v) is 2.77. The normalized spacial score (nSPS) is 23.7. The molecule has 4 heteroatoms. The van der Waals surface area contributed by atoms with Crippen LogP contribution in [0.25, 0.3) is 0 Å². The first-order valence-corrected chi connectivity index (χ1v) is 6.99. The van der Waals surface area contributed by atoms with Crippen LogP contribution in [0.4, 0.5) is 0 Å². The van der Waals surface area contributed by atoms with Crippen molar-refractivity contribution in [2.45, 2.75) is 58.9 Å². The van der Waals surface area contributed by atoms with Gasteiger partial charge in [-0.2, -0.15) is 0 Å². The molecule has 0 spiro atoms. The molecular formula is C15H22BNO2. The van der Waals surface area contributed by atoms with E-state index in [4.69, 9.17) is 9.31 Å². The molecule has 0 atom stereocenters. The van der Waals surface area contributed by atoms with E-state index in [1.165, 1.54) is 16.7 Å². The first-order chi connectivity index (χ1) is 8.80. The number of hydrogen-bond donors (Lipinski definition) is 1. The summed E-state index contributed by atoms with van der Waals surface area (Å²) in [5, 5.41) is 3.40. The number of hydrogen-bond acceptors (Lipinski definition) is 3. The summed E-state index contributed by atoms with van der Waals surface area (Å²) < 4.78 is 12.2. The van der Waals surface area contributed by atoms with Crippen LogP contribution in [0, 0.1) is 6.92 Å². The van der Waals surface area contributed by atoms with Crippen molar-refractivity contribution in [3.05, 3.63) is 28.8 Å². The van der Waals surface area contributed by atoms with Gasteiger partial charge in [-0.05, 0) is 56.8 Å². The van der Waals surface area contributed by atoms with Gasteiger partial charge in [0.25, 0.3) is 0 Å². The van der Waals surface area contributed by atoms with E-state index in [9.17, 15) is 0 Å². The van der Waals surface area contributed by atoms with E-state index in [0.29, 0.717) is 0 Å². The van der Waals surface area contributed by atoms with Crippen molar-refractivity contribution >= 4 is 12.6 Å². The Morgan fingerprint density at radius 3 is 2.32 bits per heavy atom. The van der Waals surface area contributed by atoms with Gasteiger partial charge in [-0.15, -0.1) is 0 Å². The molecule has 19 heavy (non-hydrogen) atoms. The van der Waals surface area contributed by atoms with Crippen LogP contribution < -0.4 is 10.8 Å². The van der Waals surface area contributed by atoms with Crippen molar-refractivity contribution in [1.82, 2.24) is 5.32 Å². The molecule has 1 saturated heterocycles. The second-order valence-electron chi connectivity index (χ2n) is 6.67. The molecule has 0 radical (unpaired) electrons. The third-order valence-electron chi connectivity index (χ3n) is 4.73. The third kappa shape index (κ3) is 2.02. The zero-order valence-corrected chi connectivity index (χ0v) is 12.5. The lowest BCUT2D eigenvalue weighted by atomic mass is 9.77. The summed E-state index contributed by atoms with van der Waals surface area (Å²) in [6.07, 6.45) is 0. The molecule has 3 nitrogen and oxygen atoms in total. The van der Waals surface area contributed by atoms with E-state index in [-0.39, 0.29) is 18.3 Å². The summed E-state index contributed by atoms with van der Waals surface area (Å²) in [5.41, 5.74) is 4.72. The largest absolute Gasteiger partial charge is 0.494 e. The highest BCUT2D eigenvalue weighted by atomic mass is 16.7. The smallest absolute Gasteiger partial charge is 0.399 e. The predicted molar refractivity (Wildman–Crippen MR) is 77.4 cm³/mol. The van der Waals surface area contributed by atoms with Crippen LogP contribution in [0.15, 0.2) is 12.1 Å². The molecule has 0 aromatic heterocycles. The zero-order chi connectivity index (χ0) is 13.8. The molecule has 2 heterocycles. The molecule has 2 aliphatic rings. The highest BCUT2D eigenvalue weighted by Crippen LogP contribution is 2.36. The fourth-order valence-electron chi connectivity index (χ4n) is 2.77. The summed E-state index contributed by atoms with van der Waals surface area (Å²) >= 11 is 0. The van der Waals surface area contributed by atoms with Gasteiger partial charge >= 0.3 is 7.12 Å². The molecule has 0 saturated carbocycles. The van der Waals surface area contributed by atoms with E-state index >= 15 is 0 Å². The zero-order valence-electron chi connectivity index (χ0n) is 12.5. The molecule has 1 fully saturated rings. The van der Waals surface area contributed by atoms with E-state index in [2.05, 4.69) is 52.1 Å². The Hall–Kier alpha value is -0.835. The number of benzene rings is 1. The van der Waals surface area contributed by atoms with E-state index in [1.54, 1.807) is 0 Å². The lowest BCUT2D eigenvalue weighted by Gasteiger charge is -2.32. The minimum absolute atomic E-state index is 0.255. The molecular weight excluding hydrogens is 237 g/mol. The topological polar surface area (TPSA) is 30.5 Å². The van der Waals surface area contributed by atoms with Gasteiger partial charge in [-0.25, -0.2) is 0 Å². The molecule has 0 amide bonds. The highest BCUT2D eigenvalue weighted by molar-refractivity contribution is 6.62. The molecule has 102 valence electrons. The predicted octanol–water partition coefficient (Wildman–Crippen LogP) is 1.90. The summed E-state index contributed by atoms with van der Waals surface area (Å²) in [5.74, 6) is 0. The maximum atomic E-state index is 6.12. The van der Waals surface area contributed by atoms with Crippen molar-refractivity contribution in [3.63, 3.8) is 0 Å². The summed E-state index contributed by atoms with van der Waals surface area (Å²) in [7, 11) is -0.255. The van der Waals surface area contributed by atoms with Crippen molar-refractivity contribution in [2.24, 2.45) is 0 Å². The minimum Gasteiger partial charge on any atom is -0.399 e. The maximum Gasteiger partial charge on any atom is 0.494 e. The number of fused-ring (bicyclic) bond motifs is 1. The van der Waals surface area contributed by atoms with Crippen molar-refractivity contribution in [3.8, 4) is 0 Å². The van der Waals surface area contributed by atoms with Crippen LogP contribution in [0.2, 0.25) is 0 Å². The van der Waals surface area contributed by atoms with Gasteiger partial charge in [0.2, 0.25) is 0 Å². The van der Waals surface area contributed by atoms with Crippen LogP contribution in [-0.2, 0) is 22.4 Å². The molecule has 1 aromatic carbocycles. The van der Waals surface area contributed by atoms with Crippen LogP contribution in [0.5, 0.6) is 0 Å². The maximum absolute atomic E-state index is 6.12. The fraction of sp³-hybridized carbons (Fsp3) is 0.600. The van der Waals surface area contributed by atoms with Gasteiger partial charge in [0.15, 0.2) is 0 Å². The quantitative estimate of drug-likeness (QED) is 0.781. The first-order valence-electron chi connectivity index (χ1n) is 6.99. The first kappa shape index (κ1) is 13.2. The van der Waals surface area contributed by atoms with Gasteiger partial charge in [-0.3, -0.25) is 0 Å². The Kier molecular flexibility index (Phi) is 2.82. The monoisotopic (exact) mass is 259 g/mol. The van der Waals surface area contributed by atoms with Gasteiger partial charge in [0.1, 0.15) is 0 Å². The molecule has 1 aromatic rings. The number of aryl methyl sites for hydroxylation is 1. The minimum atomic E-state index is -0.275. The van der Waals surface area contributed by atoms with Gasteiger partial charge < -0.3 is 14.6 Å². The van der Waals surface area contributed by atoms with Crippen LogP contribution in [-0.4, -0.2) is 18.3 Å². The average molecular weight is 259 g/mol. The lowest BCUT2D eigenvalue weighted by Crippen LogP contribution is -2.41. The van der Waals surface area contributed by atoms with Gasteiger partial charge in [0.05, 0.1) is 11.2 Å². The molecule has 0 aliphatic carbocycles. The van der Waals surface area contributed by atoms with Gasteiger partial charge in [0, 0.05) is 13.1 Å². The molecule has 1 N–H and O–H groups in total. The Bertz CT molecular complexity index is 509. The Morgan fingerprint density at radius 1 is 1.05 bits per heavy atom. The van der Waals surface area contributed by atoms with Crippen LogP contribution in [0.1, 0.15) is 44.4 Å². The van der Waals surface area contributed by atoms with E-state index in [0.717, 1.165) is 18.6 Å². The Balaban J connectivity index is 1.95. The Morgan fingerprint density at radius 2 is 1.68 bits per heavy atom. The second kappa shape index (κ2) is 4.08. The van der Waals surface area contributed by atoms with Crippen molar-refractivity contribution in [2.75, 3.05) is 0 Å². The van der Waals surface area contributed by atoms with Gasteiger partial charge in [-0.1, -0.05) is 12.1 Å². The van der Waals surface area contributed by atoms with Crippen LogP contribution in [0.3, 0.4) is 0 Å². The Labute approximate surface area is 115 Å². The summed E-state index contributed by atoms with van der Waals surface area (Å²) in [6, 6.07) is 4.43. The van der Waals surface area contributed by atoms with E-state index in [1.807, 2.05) is 0 Å². The summed E-state index contributed by atoms with van der Waals surface area (Å²) in [4.78, 5) is 0. The molecule has 0 bridgehead atoms. The van der Waals surface area contributed by atoms with Crippen LogP contribution >= 0.6 is 0 Å². The second-order valence-corrected chi connectivity index (χ2v) is 6.67. The molecule has 0 unspecified atom stereocenters. The molecule has 2 aliphatic heterocycles. The van der Waals surface area contributed by atoms with Crippen molar-refractivity contribution < 1.29 is 9.31 Å². The standard InChI is InChI=1S/C15H22BNO2/c1-10-6-12(7-11-8-17-9-13(10)11)16-18-14(2,3)15(4,5)19-16/h6-7,17H,8-9H2,1-5H3. The highest BCUT2D eigenvalue weighted by Gasteiger charge is 2.51. The summed E-state index contributed by atoms with van der Waals surface area (Å²) in [6.45, 7) is 12.5.